The fraction of sp³-hybridized carbons (Fsp3) is 0.333. The van der Waals surface area contributed by atoms with Gasteiger partial charge in [-0.25, -0.2) is 8.42 Å². The van der Waals surface area contributed by atoms with E-state index < -0.39 is 9.84 Å². The normalized spacial score (nSPS) is 14.2. The maximum atomic E-state index is 12.3. The first-order valence-electron chi connectivity index (χ1n) is 9.62. The molecule has 0 saturated heterocycles. The molecule has 0 fully saturated rings. The first kappa shape index (κ1) is 20.6. The molecular weight excluding hydrogens is 424 g/mol. The number of thiazole rings is 1. The largest absolute Gasteiger partial charge is 0.486 e. The summed E-state index contributed by atoms with van der Waals surface area (Å²) < 4.78 is 38.5. The third-order valence-corrected chi connectivity index (χ3v) is 7.55. The molecule has 7 nitrogen and oxygen atoms in total. The molecular formula is C21H22N2O5S2. The number of hydrogen-bond acceptors (Lipinski definition) is 6. The van der Waals surface area contributed by atoms with Crippen LogP contribution < -0.4 is 14.3 Å². The number of amides is 1. The predicted octanol–water partition coefficient (Wildman–Crippen LogP) is 2.83. The van der Waals surface area contributed by atoms with Crippen LogP contribution in [0.25, 0.3) is 10.2 Å². The number of carbonyl (C=O) groups excluding carboxylic acids is 1. The Morgan fingerprint density at radius 3 is 2.57 bits per heavy atom. The van der Waals surface area contributed by atoms with E-state index in [1.807, 2.05) is 41.9 Å². The highest BCUT2D eigenvalue weighted by atomic mass is 32.2. The fourth-order valence-corrected chi connectivity index (χ4v) is 5.75. The molecule has 0 saturated carbocycles. The molecule has 2 heterocycles. The Kier molecular flexibility index (Phi) is 5.92. The highest BCUT2D eigenvalue weighted by Gasteiger charge is 2.16. The Hall–Kier alpha value is -2.65. The van der Waals surface area contributed by atoms with Crippen molar-refractivity contribution in [3.8, 4) is 11.5 Å². The molecule has 0 aliphatic carbocycles. The van der Waals surface area contributed by atoms with E-state index in [1.54, 1.807) is 12.1 Å². The number of fused-ring (bicyclic) bond motifs is 2. The van der Waals surface area contributed by atoms with Gasteiger partial charge in [0.05, 0.1) is 21.7 Å². The van der Waals surface area contributed by atoms with Gasteiger partial charge in [-0.3, -0.25) is 4.79 Å². The number of hydrogen-bond donors (Lipinski definition) is 0. The first-order valence-corrected chi connectivity index (χ1v) is 12.3. The average molecular weight is 447 g/mol. The van der Waals surface area contributed by atoms with Crippen molar-refractivity contribution in [3.05, 3.63) is 52.8 Å². The Morgan fingerprint density at radius 2 is 1.83 bits per heavy atom. The maximum Gasteiger partial charge on any atom is 0.248 e. The zero-order valence-corrected chi connectivity index (χ0v) is 18.2. The number of aromatic nitrogens is 1. The van der Waals surface area contributed by atoms with Gasteiger partial charge in [0.25, 0.3) is 0 Å². The van der Waals surface area contributed by atoms with E-state index in [0.29, 0.717) is 29.5 Å². The van der Waals surface area contributed by atoms with Crippen LogP contribution in [0.3, 0.4) is 0 Å². The van der Waals surface area contributed by atoms with E-state index in [0.717, 1.165) is 15.8 Å². The summed E-state index contributed by atoms with van der Waals surface area (Å²) in [6, 6.07) is 12.8. The van der Waals surface area contributed by atoms with E-state index in [-0.39, 0.29) is 30.3 Å². The molecule has 9 heteroatoms. The summed E-state index contributed by atoms with van der Waals surface area (Å²) in [7, 11) is -1.43. The van der Waals surface area contributed by atoms with E-state index >= 15 is 0 Å². The topological polar surface area (TPSA) is 87.0 Å². The van der Waals surface area contributed by atoms with Crippen LogP contribution in [0.4, 0.5) is 0 Å². The summed E-state index contributed by atoms with van der Waals surface area (Å²) >= 11 is 1.39. The van der Waals surface area contributed by atoms with Gasteiger partial charge in [-0.2, -0.15) is 4.99 Å². The third-order valence-electron chi connectivity index (χ3n) is 4.77. The SMILES string of the molecule is Cn1c(=NC(=O)CCCS(=O)(=O)Cc2ccccc2)sc2cc3c(cc21)OCCO3. The van der Waals surface area contributed by atoms with Gasteiger partial charge in [-0.05, 0) is 12.0 Å². The van der Waals surface area contributed by atoms with Crippen LogP contribution in [-0.4, -0.2) is 37.9 Å². The second-order valence-electron chi connectivity index (χ2n) is 7.09. The standard InChI is InChI=1S/C21H22N2O5S2/c1-23-16-12-17-18(28-10-9-27-17)13-19(16)29-21(23)22-20(24)8-5-11-30(25,26)14-15-6-3-2-4-7-15/h2-4,6-7,12-13H,5,8-11,14H2,1H3. The number of aryl methyl sites for hydroxylation is 1. The molecule has 0 spiro atoms. The number of benzene rings is 2. The molecule has 1 aliphatic rings. The van der Waals surface area contributed by atoms with Gasteiger partial charge in [-0.15, -0.1) is 0 Å². The quantitative estimate of drug-likeness (QED) is 0.581. The monoisotopic (exact) mass is 446 g/mol. The summed E-state index contributed by atoms with van der Waals surface area (Å²) in [6.45, 7) is 1.02. The second-order valence-corrected chi connectivity index (χ2v) is 10.3. The first-order chi connectivity index (χ1) is 14.4. The Labute approximate surface area is 178 Å². The van der Waals surface area contributed by atoms with Crippen LogP contribution in [0.2, 0.25) is 0 Å². The third kappa shape index (κ3) is 4.73. The van der Waals surface area contributed by atoms with Crippen molar-refractivity contribution in [3.63, 3.8) is 0 Å². The van der Waals surface area contributed by atoms with Gasteiger partial charge in [0, 0.05) is 25.6 Å². The number of ether oxygens (including phenoxy) is 2. The number of nitrogens with zero attached hydrogens (tertiary/aromatic N) is 2. The molecule has 1 aliphatic heterocycles. The van der Waals surface area contributed by atoms with Gasteiger partial charge < -0.3 is 14.0 Å². The minimum absolute atomic E-state index is 0.0146. The van der Waals surface area contributed by atoms with E-state index in [4.69, 9.17) is 9.47 Å². The molecule has 3 aromatic rings. The molecule has 30 heavy (non-hydrogen) atoms. The molecule has 0 unspecified atom stereocenters. The molecule has 0 bridgehead atoms. The van der Waals surface area contributed by atoms with Crippen LogP contribution in [0.1, 0.15) is 18.4 Å². The van der Waals surface area contributed by atoms with E-state index in [9.17, 15) is 13.2 Å². The van der Waals surface area contributed by atoms with Crippen LogP contribution in [0.15, 0.2) is 47.5 Å². The van der Waals surface area contributed by atoms with Crippen LogP contribution in [-0.2, 0) is 27.4 Å². The fourth-order valence-electron chi connectivity index (χ4n) is 3.28. The minimum Gasteiger partial charge on any atom is -0.486 e. The molecule has 0 N–H and O–H groups in total. The molecule has 2 aromatic carbocycles. The number of sulfone groups is 1. The van der Waals surface area contributed by atoms with Crippen LogP contribution >= 0.6 is 11.3 Å². The Bertz CT molecular complexity index is 1240. The van der Waals surface area contributed by atoms with Gasteiger partial charge in [0.1, 0.15) is 13.2 Å². The maximum absolute atomic E-state index is 12.3. The van der Waals surface area contributed by atoms with Crippen molar-refractivity contribution >= 4 is 37.3 Å². The van der Waals surface area contributed by atoms with Crippen molar-refractivity contribution < 1.29 is 22.7 Å². The lowest BCUT2D eigenvalue weighted by Gasteiger charge is -2.18. The smallest absolute Gasteiger partial charge is 0.248 e. The minimum atomic E-state index is -3.27. The Balaban J connectivity index is 1.43. The van der Waals surface area contributed by atoms with Gasteiger partial charge in [0.2, 0.25) is 5.91 Å². The summed E-state index contributed by atoms with van der Waals surface area (Å²) in [6.07, 6.45) is 0.340. The van der Waals surface area contributed by atoms with Crippen molar-refractivity contribution in [2.24, 2.45) is 12.0 Å². The molecule has 4 rings (SSSR count). The average Bonchev–Trinajstić information content (AvgIpc) is 3.01. The highest BCUT2D eigenvalue weighted by molar-refractivity contribution is 7.90. The second kappa shape index (κ2) is 8.61. The summed E-state index contributed by atoms with van der Waals surface area (Å²) in [5.41, 5.74) is 1.66. The van der Waals surface area contributed by atoms with Gasteiger partial charge >= 0.3 is 0 Å². The highest BCUT2D eigenvalue weighted by Crippen LogP contribution is 2.35. The Morgan fingerprint density at radius 1 is 1.13 bits per heavy atom. The lowest BCUT2D eigenvalue weighted by atomic mass is 10.2. The lowest BCUT2D eigenvalue weighted by Crippen LogP contribution is -2.16. The zero-order valence-electron chi connectivity index (χ0n) is 16.5. The van der Waals surface area contributed by atoms with E-state index in [1.165, 1.54) is 11.3 Å². The van der Waals surface area contributed by atoms with Crippen molar-refractivity contribution in [1.82, 2.24) is 4.57 Å². The van der Waals surface area contributed by atoms with Gasteiger partial charge in [-0.1, -0.05) is 41.7 Å². The summed E-state index contributed by atoms with van der Waals surface area (Å²) in [5, 5.41) is 0. The molecule has 0 atom stereocenters. The van der Waals surface area contributed by atoms with Crippen molar-refractivity contribution in [1.29, 1.82) is 0 Å². The molecule has 158 valence electrons. The van der Waals surface area contributed by atoms with Crippen molar-refractivity contribution in [2.45, 2.75) is 18.6 Å². The lowest BCUT2D eigenvalue weighted by molar-refractivity contribution is -0.118. The number of rotatable bonds is 6. The molecule has 1 aromatic heterocycles. The van der Waals surface area contributed by atoms with E-state index in [2.05, 4.69) is 4.99 Å². The van der Waals surface area contributed by atoms with Gasteiger partial charge in [0.15, 0.2) is 26.1 Å². The summed E-state index contributed by atoms with van der Waals surface area (Å²) in [5.74, 6) is 0.993. The van der Waals surface area contributed by atoms with Crippen molar-refractivity contribution in [2.75, 3.05) is 19.0 Å². The molecule has 0 radical (unpaired) electrons. The number of carbonyl (C=O) groups is 1. The summed E-state index contributed by atoms with van der Waals surface area (Å²) in [4.78, 5) is 17.1. The predicted molar refractivity (Wildman–Crippen MR) is 116 cm³/mol. The van der Waals surface area contributed by atoms with Crippen LogP contribution in [0, 0.1) is 0 Å². The van der Waals surface area contributed by atoms with Crippen LogP contribution in [0.5, 0.6) is 11.5 Å². The molecule has 1 amide bonds. The zero-order chi connectivity index (χ0) is 21.1.